The molecule has 22 heteroatoms. The number of ether oxygens (including phenoxy) is 1. The zero-order valence-corrected chi connectivity index (χ0v) is 49.0. The zero-order chi connectivity index (χ0) is 59.4. The molecule has 5 amide bonds. The molecule has 0 saturated carbocycles. The van der Waals surface area contributed by atoms with Crippen molar-refractivity contribution < 1.29 is 43.0 Å². The molecule has 1 aliphatic rings. The highest BCUT2D eigenvalue weighted by molar-refractivity contribution is 7.13. The van der Waals surface area contributed by atoms with E-state index in [2.05, 4.69) is 46.5 Å². The number of carbonyl (C=O) groups is 6. The first-order valence-electron chi connectivity index (χ1n) is 28.2. The highest BCUT2D eigenvalue weighted by Crippen LogP contribution is 2.35. The first-order chi connectivity index (χ1) is 39.8. The summed E-state index contributed by atoms with van der Waals surface area (Å²) < 4.78 is 22.0. The molecule has 1 fully saturated rings. The molecule has 8 rings (SSSR count). The Hall–Kier alpha value is -8.24. The van der Waals surface area contributed by atoms with Gasteiger partial charge in [0.25, 0.3) is 11.8 Å². The SMILES string of the molecule is CNC(=O)c1c(F)cccc1Nc1nc(Nc2cc3c(ccn3C(=O)CN(C)C(=O)CCCCCCCCCCCC(=O)N[C@H](C(=O)N3C[C@H](O)C[C@H]3C(=O)NCc3ccc(-c4scnc4C)cc3)C(C)(C)C)cc2OC)nc2[nH]ccc12. The van der Waals surface area contributed by atoms with Crippen LogP contribution >= 0.6 is 11.3 Å². The summed E-state index contributed by atoms with van der Waals surface area (Å²) in [4.78, 5) is 101. The number of carbonyl (C=O) groups excluding carboxylic acids is 6. The third kappa shape index (κ3) is 15.3. The number of fused-ring (bicyclic) bond motifs is 2. The van der Waals surface area contributed by atoms with E-state index in [1.807, 2.05) is 57.5 Å². The number of amides is 5. The molecule has 83 heavy (non-hydrogen) atoms. The number of thiazole rings is 1. The van der Waals surface area contributed by atoms with E-state index >= 15 is 0 Å². The molecule has 440 valence electrons. The van der Waals surface area contributed by atoms with Gasteiger partial charge in [0.15, 0.2) is 0 Å². The zero-order valence-electron chi connectivity index (χ0n) is 48.2. The number of nitrogens with zero attached hydrogens (tertiary/aromatic N) is 6. The van der Waals surface area contributed by atoms with Gasteiger partial charge in [-0.1, -0.05) is 96.0 Å². The number of aromatic amines is 1. The quantitative estimate of drug-likeness (QED) is 0.0250. The summed E-state index contributed by atoms with van der Waals surface area (Å²) in [6.07, 6.45) is 11.3. The number of hydrogen-bond acceptors (Lipinski definition) is 14. The average molecular weight is 1160 g/mol. The van der Waals surface area contributed by atoms with Crippen LogP contribution in [0.15, 0.2) is 84.6 Å². The van der Waals surface area contributed by atoms with Crippen LogP contribution in [0.2, 0.25) is 0 Å². The lowest BCUT2D eigenvalue weighted by Crippen LogP contribution is -2.57. The number of β-amino-alcohol motifs (C(OH)–C–C–N with tert-alkyl or cyclic N) is 1. The predicted molar refractivity (Wildman–Crippen MR) is 319 cm³/mol. The third-order valence-electron chi connectivity index (χ3n) is 15.0. The van der Waals surface area contributed by atoms with Crippen LogP contribution in [0.5, 0.6) is 5.75 Å². The van der Waals surface area contributed by atoms with Crippen LogP contribution in [0.3, 0.4) is 0 Å². The van der Waals surface area contributed by atoms with Crippen molar-refractivity contribution in [2.24, 2.45) is 5.41 Å². The minimum atomic E-state index is -0.882. The molecule has 1 aliphatic heterocycles. The maximum absolute atomic E-state index is 14.8. The van der Waals surface area contributed by atoms with Crippen LogP contribution in [0, 0.1) is 18.2 Å². The van der Waals surface area contributed by atoms with E-state index in [-0.39, 0.29) is 79.2 Å². The van der Waals surface area contributed by atoms with Crippen molar-refractivity contribution in [3.63, 3.8) is 0 Å². The number of unbranched alkanes of at least 4 members (excludes halogenated alkanes) is 8. The molecule has 7 N–H and O–H groups in total. The number of H-pyrrole nitrogens is 1. The molecule has 1 saturated heterocycles. The number of nitrogens with one attached hydrogen (secondary N) is 6. The van der Waals surface area contributed by atoms with E-state index in [9.17, 15) is 38.3 Å². The minimum absolute atomic E-state index is 0.00950. The average Bonchev–Trinajstić information content (AvgIpc) is 4.52. The van der Waals surface area contributed by atoms with Crippen molar-refractivity contribution in [2.75, 3.05) is 44.9 Å². The van der Waals surface area contributed by atoms with E-state index < -0.39 is 35.3 Å². The van der Waals surface area contributed by atoms with E-state index in [0.717, 1.165) is 72.0 Å². The largest absolute Gasteiger partial charge is 0.495 e. The number of aryl methyl sites for hydroxylation is 1. The molecule has 7 aromatic rings. The van der Waals surface area contributed by atoms with Crippen molar-refractivity contribution in [3.05, 3.63) is 107 Å². The normalized spacial score (nSPS) is 14.6. The number of aromatic nitrogens is 5. The number of benzene rings is 3. The predicted octanol–water partition coefficient (Wildman–Crippen LogP) is 9.54. The summed E-state index contributed by atoms with van der Waals surface area (Å²) in [6.45, 7) is 7.74. The summed E-state index contributed by atoms with van der Waals surface area (Å²) in [5, 5.41) is 26.6. The summed E-state index contributed by atoms with van der Waals surface area (Å²) >= 11 is 1.57. The number of aliphatic hydroxyl groups is 1. The molecule has 3 aromatic carbocycles. The smallest absolute Gasteiger partial charge is 0.256 e. The summed E-state index contributed by atoms with van der Waals surface area (Å²) in [6, 6.07) is 17.5. The fraction of sp³-hybridized carbons (Fsp3) is 0.426. The Labute approximate surface area is 486 Å². The number of likely N-dealkylation sites (tertiary alicyclic amines) is 1. The number of aliphatic hydroxyl groups excluding tert-OH is 1. The molecule has 0 aliphatic carbocycles. The van der Waals surface area contributed by atoms with Gasteiger partial charge in [0, 0.05) is 64.2 Å². The van der Waals surface area contributed by atoms with Gasteiger partial charge in [-0.3, -0.25) is 33.3 Å². The van der Waals surface area contributed by atoms with Gasteiger partial charge in [-0.05, 0) is 72.7 Å². The van der Waals surface area contributed by atoms with Crippen molar-refractivity contribution >= 4 is 91.9 Å². The van der Waals surface area contributed by atoms with Gasteiger partial charge in [-0.25, -0.2) is 9.37 Å². The summed E-state index contributed by atoms with van der Waals surface area (Å²) in [7, 11) is 4.56. The molecule has 0 bridgehead atoms. The number of rotatable bonds is 26. The number of hydrogen-bond donors (Lipinski definition) is 7. The van der Waals surface area contributed by atoms with Crippen molar-refractivity contribution in [3.8, 4) is 16.2 Å². The van der Waals surface area contributed by atoms with Gasteiger partial charge in [-0.15, -0.1) is 11.3 Å². The van der Waals surface area contributed by atoms with E-state index in [4.69, 9.17) is 4.74 Å². The highest BCUT2D eigenvalue weighted by Gasteiger charge is 2.44. The Balaban J connectivity index is 0.728. The number of methoxy groups -OCH3 is 1. The number of likely N-dealkylation sites (N-methyl/N-ethyl adjacent to an activating group) is 1. The number of anilines is 4. The van der Waals surface area contributed by atoms with Crippen molar-refractivity contribution in [2.45, 2.75) is 129 Å². The van der Waals surface area contributed by atoms with E-state index in [1.165, 1.54) is 40.7 Å². The Morgan fingerprint density at radius 3 is 2.29 bits per heavy atom. The van der Waals surface area contributed by atoms with Crippen LogP contribution in [0.1, 0.15) is 124 Å². The van der Waals surface area contributed by atoms with Crippen LogP contribution < -0.4 is 31.3 Å². The molecule has 3 atom stereocenters. The molecule has 20 nitrogen and oxygen atoms in total. The standard InChI is InChI=1S/C61H75FN12O8S/c1-37-53(83-36-66-37)39-24-22-38(23-25-39)33-65-57(79)47-31-41(75)34-74(47)59(81)54(61(2,3)4)69-49(76)20-15-13-11-9-8-10-12-14-16-21-50(77)72(6)35-51(78)73-29-27-40-30-48(82-7)45(32-46(40)73)68-60-70-55-42(26-28-64-55)56(71-60)67-44-19-17-18-43(62)52(44)58(80)63-5/h17-19,22-30,32,36,41,47,54,75H,8-16,20-21,31,33-35H2,1-7H3,(H,63,80)(H,65,79)(H,69,76)(H3,64,67,68,70,71)/t41-,47+,54-/m1/s1. The molecule has 4 aromatic heterocycles. The topological polar surface area (TPSA) is 258 Å². The Bertz CT molecular complexity index is 3440. The highest BCUT2D eigenvalue weighted by atomic mass is 32.1. The minimum Gasteiger partial charge on any atom is -0.495 e. The molecular weight excluding hydrogens is 1080 g/mol. The fourth-order valence-corrected chi connectivity index (χ4v) is 11.2. The first-order valence-corrected chi connectivity index (χ1v) is 29.1. The van der Waals surface area contributed by atoms with Crippen LogP contribution in [0.4, 0.5) is 27.5 Å². The van der Waals surface area contributed by atoms with Crippen LogP contribution in [-0.4, -0.2) is 127 Å². The fourth-order valence-electron chi connectivity index (χ4n) is 10.3. The lowest BCUT2D eigenvalue weighted by molar-refractivity contribution is -0.144. The second-order valence-corrected chi connectivity index (χ2v) is 23.0. The van der Waals surface area contributed by atoms with Gasteiger partial charge in [-0.2, -0.15) is 9.97 Å². The second kappa shape index (κ2) is 27.7. The molecule has 5 heterocycles. The van der Waals surface area contributed by atoms with Gasteiger partial charge in [0.2, 0.25) is 29.6 Å². The summed E-state index contributed by atoms with van der Waals surface area (Å²) in [5.74, 6) is -1.81. The van der Waals surface area contributed by atoms with Gasteiger partial charge in [0.05, 0.1) is 57.1 Å². The molecular formula is C61H75FN12O8S. The maximum Gasteiger partial charge on any atom is 0.256 e. The monoisotopic (exact) mass is 1150 g/mol. The Kier molecular flexibility index (Phi) is 20.3. The second-order valence-electron chi connectivity index (χ2n) is 22.2. The van der Waals surface area contributed by atoms with Crippen LogP contribution in [0.25, 0.3) is 32.4 Å². The molecule has 0 spiro atoms. The Morgan fingerprint density at radius 2 is 1.61 bits per heavy atom. The Morgan fingerprint density at radius 1 is 0.904 bits per heavy atom. The van der Waals surface area contributed by atoms with E-state index in [0.29, 0.717) is 53.1 Å². The maximum atomic E-state index is 14.8. The van der Waals surface area contributed by atoms with Crippen molar-refractivity contribution in [1.82, 2.24) is 50.3 Å². The van der Waals surface area contributed by atoms with Crippen molar-refractivity contribution in [1.29, 1.82) is 0 Å². The molecule has 0 radical (unpaired) electrons. The lowest BCUT2D eigenvalue weighted by atomic mass is 9.85. The third-order valence-corrected chi connectivity index (χ3v) is 15.9. The first kappa shape index (κ1) is 60.8. The molecule has 0 unspecified atom stereocenters. The van der Waals surface area contributed by atoms with Gasteiger partial charge in [0.1, 0.15) is 41.7 Å². The van der Waals surface area contributed by atoms with Gasteiger partial charge < -0.3 is 51.2 Å². The summed E-state index contributed by atoms with van der Waals surface area (Å²) in [5.41, 5.74) is 5.58. The lowest BCUT2D eigenvalue weighted by Gasteiger charge is -2.35. The van der Waals surface area contributed by atoms with Gasteiger partial charge >= 0.3 is 0 Å². The number of halogens is 1. The van der Waals surface area contributed by atoms with E-state index in [1.54, 1.807) is 61.1 Å². The van der Waals surface area contributed by atoms with Crippen LogP contribution in [-0.2, 0) is 25.7 Å².